The van der Waals surface area contributed by atoms with Crippen LogP contribution < -0.4 is 0 Å². The molecule has 0 bridgehead atoms. The zero-order valence-corrected chi connectivity index (χ0v) is 13.8. The van der Waals surface area contributed by atoms with Crippen molar-refractivity contribution in [2.24, 2.45) is 11.8 Å². The van der Waals surface area contributed by atoms with E-state index in [-0.39, 0.29) is 6.04 Å². The highest BCUT2D eigenvalue weighted by Crippen LogP contribution is 2.42. The summed E-state index contributed by atoms with van der Waals surface area (Å²) in [7, 11) is 0. The lowest BCUT2D eigenvalue weighted by molar-refractivity contribution is 0.00942. The molecule has 0 amide bonds. The van der Waals surface area contributed by atoms with Crippen molar-refractivity contribution in [2.45, 2.75) is 71.4 Å². The van der Waals surface area contributed by atoms with Gasteiger partial charge >= 0.3 is 0 Å². The zero-order valence-electron chi connectivity index (χ0n) is 13.1. The normalized spacial score (nSPS) is 28.1. The molecule has 1 aliphatic carbocycles. The molecule has 0 radical (unpaired) electrons. The third-order valence-corrected chi connectivity index (χ3v) is 4.99. The summed E-state index contributed by atoms with van der Waals surface area (Å²) in [5.74, 6) is 1.39. The molecule has 1 fully saturated rings. The number of halogens is 1. The molecule has 2 atom stereocenters. The molecule has 1 aromatic heterocycles. The monoisotopic (exact) mass is 298 g/mol. The van der Waals surface area contributed by atoms with E-state index in [0.717, 1.165) is 31.4 Å². The van der Waals surface area contributed by atoms with Crippen LogP contribution in [0.5, 0.6) is 0 Å². The topological polar surface area (TPSA) is 38.1 Å². The first-order chi connectivity index (χ1) is 9.35. The predicted octanol–water partition coefficient (Wildman–Crippen LogP) is 4.54. The molecule has 4 heteroatoms. The van der Waals surface area contributed by atoms with E-state index < -0.39 is 5.60 Å². The lowest BCUT2D eigenvalue weighted by Gasteiger charge is -2.29. The van der Waals surface area contributed by atoms with E-state index in [1.54, 1.807) is 6.20 Å². The summed E-state index contributed by atoms with van der Waals surface area (Å²) in [6.07, 6.45) is 6.56. The van der Waals surface area contributed by atoms with Crippen molar-refractivity contribution >= 4 is 11.6 Å². The molecule has 0 saturated heterocycles. The number of rotatable bonds is 3. The SMILES string of the molecule is CC(C)C1CCCC(O)(c2c(Cl)cnn2C(C)C)CC1. The molecule has 1 N–H and O–H groups in total. The van der Waals surface area contributed by atoms with Crippen LogP contribution in [0.4, 0.5) is 0 Å². The average molecular weight is 299 g/mol. The Labute approximate surface area is 127 Å². The van der Waals surface area contributed by atoms with Gasteiger partial charge in [-0.2, -0.15) is 5.10 Å². The van der Waals surface area contributed by atoms with Crippen LogP contribution in [0.2, 0.25) is 5.02 Å². The molecule has 0 aromatic carbocycles. The Hall–Kier alpha value is -0.540. The summed E-state index contributed by atoms with van der Waals surface area (Å²) in [4.78, 5) is 0. The quantitative estimate of drug-likeness (QED) is 0.832. The average Bonchev–Trinajstić information content (AvgIpc) is 2.64. The van der Waals surface area contributed by atoms with Crippen LogP contribution in [-0.4, -0.2) is 14.9 Å². The fourth-order valence-electron chi connectivity index (χ4n) is 3.42. The Bertz CT molecular complexity index is 455. The van der Waals surface area contributed by atoms with Crippen molar-refractivity contribution in [1.82, 2.24) is 9.78 Å². The second-order valence-corrected chi connectivity index (χ2v) is 7.25. The second kappa shape index (κ2) is 6.07. The second-order valence-electron chi connectivity index (χ2n) is 6.85. The van der Waals surface area contributed by atoms with Crippen LogP contribution in [0.25, 0.3) is 0 Å². The van der Waals surface area contributed by atoms with Gasteiger partial charge in [0.1, 0.15) is 5.60 Å². The molecule has 2 unspecified atom stereocenters. The van der Waals surface area contributed by atoms with Gasteiger partial charge in [0.2, 0.25) is 0 Å². The molecule has 3 nitrogen and oxygen atoms in total. The van der Waals surface area contributed by atoms with Gasteiger partial charge in [-0.15, -0.1) is 0 Å². The van der Waals surface area contributed by atoms with Gasteiger partial charge in [-0.1, -0.05) is 31.9 Å². The van der Waals surface area contributed by atoms with E-state index in [4.69, 9.17) is 11.6 Å². The molecule has 0 spiro atoms. The number of hydrogen-bond donors (Lipinski definition) is 1. The summed E-state index contributed by atoms with van der Waals surface area (Å²) < 4.78 is 1.89. The smallest absolute Gasteiger partial charge is 0.108 e. The molecule has 114 valence electrons. The van der Waals surface area contributed by atoms with Gasteiger partial charge < -0.3 is 5.11 Å². The number of aromatic nitrogens is 2. The van der Waals surface area contributed by atoms with Crippen molar-refractivity contribution in [3.63, 3.8) is 0 Å². The van der Waals surface area contributed by atoms with Crippen LogP contribution in [0.3, 0.4) is 0 Å². The van der Waals surface area contributed by atoms with Crippen molar-refractivity contribution < 1.29 is 5.11 Å². The third kappa shape index (κ3) is 3.04. The zero-order chi connectivity index (χ0) is 14.9. The Kier molecular flexibility index (Phi) is 4.80. The van der Waals surface area contributed by atoms with Crippen LogP contribution in [0.1, 0.15) is 71.5 Å². The molecule has 1 saturated carbocycles. The first-order valence-corrected chi connectivity index (χ1v) is 8.19. The summed E-state index contributed by atoms with van der Waals surface area (Å²) in [5.41, 5.74) is 0.000160. The highest BCUT2D eigenvalue weighted by molar-refractivity contribution is 6.31. The van der Waals surface area contributed by atoms with E-state index >= 15 is 0 Å². The maximum Gasteiger partial charge on any atom is 0.108 e. The molecule has 0 aliphatic heterocycles. The van der Waals surface area contributed by atoms with Crippen LogP contribution in [0.15, 0.2) is 6.20 Å². The van der Waals surface area contributed by atoms with Gasteiger partial charge in [0, 0.05) is 6.04 Å². The van der Waals surface area contributed by atoms with Gasteiger partial charge in [-0.25, -0.2) is 0 Å². The molecular weight excluding hydrogens is 272 g/mol. The Morgan fingerprint density at radius 3 is 2.60 bits per heavy atom. The minimum atomic E-state index is -0.818. The van der Waals surface area contributed by atoms with Crippen molar-refractivity contribution in [2.75, 3.05) is 0 Å². The fraction of sp³-hybridized carbons (Fsp3) is 0.812. The van der Waals surface area contributed by atoms with Crippen molar-refractivity contribution in [1.29, 1.82) is 0 Å². The van der Waals surface area contributed by atoms with E-state index in [0.29, 0.717) is 16.9 Å². The molecule has 20 heavy (non-hydrogen) atoms. The van der Waals surface area contributed by atoms with E-state index in [1.807, 2.05) is 4.68 Å². The maximum atomic E-state index is 11.2. The lowest BCUT2D eigenvalue weighted by atomic mass is 9.86. The Morgan fingerprint density at radius 2 is 2.00 bits per heavy atom. The van der Waals surface area contributed by atoms with E-state index in [9.17, 15) is 5.11 Å². The molecule has 1 heterocycles. The van der Waals surface area contributed by atoms with Gasteiger partial charge in [0.05, 0.1) is 16.9 Å². The molecule has 2 rings (SSSR count). The van der Waals surface area contributed by atoms with Crippen LogP contribution >= 0.6 is 11.6 Å². The Balaban J connectivity index is 2.29. The van der Waals surface area contributed by atoms with Crippen LogP contribution in [0, 0.1) is 11.8 Å². The molecular formula is C16H27ClN2O. The summed E-state index contributed by atoms with van der Waals surface area (Å²) in [5, 5.41) is 16.1. The predicted molar refractivity (Wildman–Crippen MR) is 82.9 cm³/mol. The van der Waals surface area contributed by atoms with Gasteiger partial charge in [0.15, 0.2) is 0 Å². The number of nitrogens with zero attached hydrogens (tertiary/aromatic N) is 2. The van der Waals surface area contributed by atoms with E-state index in [1.165, 1.54) is 6.42 Å². The largest absolute Gasteiger partial charge is 0.384 e. The number of aliphatic hydroxyl groups is 1. The van der Waals surface area contributed by atoms with Crippen LogP contribution in [-0.2, 0) is 5.60 Å². The lowest BCUT2D eigenvalue weighted by Crippen LogP contribution is -2.30. The minimum Gasteiger partial charge on any atom is -0.384 e. The van der Waals surface area contributed by atoms with Crippen molar-refractivity contribution in [3.8, 4) is 0 Å². The Morgan fingerprint density at radius 1 is 1.30 bits per heavy atom. The first kappa shape index (κ1) is 15.8. The van der Waals surface area contributed by atoms with Gasteiger partial charge in [-0.3, -0.25) is 4.68 Å². The minimum absolute atomic E-state index is 0.214. The van der Waals surface area contributed by atoms with Gasteiger partial charge in [-0.05, 0) is 51.4 Å². The standard InChI is InChI=1S/C16H27ClN2O/c1-11(2)13-6-5-8-16(20,9-7-13)15-14(17)10-18-19(15)12(3)4/h10-13,20H,5-9H2,1-4H3. The summed E-state index contributed by atoms with van der Waals surface area (Å²) in [6.45, 7) is 8.70. The first-order valence-electron chi connectivity index (χ1n) is 7.81. The highest BCUT2D eigenvalue weighted by Gasteiger charge is 2.38. The van der Waals surface area contributed by atoms with E-state index in [2.05, 4.69) is 32.8 Å². The molecule has 1 aromatic rings. The highest BCUT2D eigenvalue weighted by atomic mass is 35.5. The number of hydrogen-bond acceptors (Lipinski definition) is 2. The fourth-order valence-corrected chi connectivity index (χ4v) is 3.73. The van der Waals surface area contributed by atoms with Gasteiger partial charge in [0.25, 0.3) is 0 Å². The maximum absolute atomic E-state index is 11.2. The van der Waals surface area contributed by atoms with Crippen molar-refractivity contribution in [3.05, 3.63) is 16.9 Å². The summed E-state index contributed by atoms with van der Waals surface area (Å²) >= 11 is 6.32. The molecule has 1 aliphatic rings. The summed E-state index contributed by atoms with van der Waals surface area (Å²) in [6, 6.07) is 0.214. The third-order valence-electron chi connectivity index (χ3n) is 4.72.